The fourth-order valence-electron chi connectivity index (χ4n) is 4.22. The van der Waals surface area contributed by atoms with Crippen LogP contribution in [0, 0.1) is 13.8 Å². The molecule has 3 aromatic rings. The van der Waals surface area contributed by atoms with Crippen molar-refractivity contribution in [1.29, 1.82) is 0 Å². The molecule has 0 unspecified atom stereocenters. The number of benzene rings is 3. The molecule has 2 heteroatoms. The summed E-state index contributed by atoms with van der Waals surface area (Å²) in [5, 5.41) is 1.53. The van der Waals surface area contributed by atoms with E-state index in [-0.39, 0.29) is 24.3 Å². The van der Waals surface area contributed by atoms with Crippen molar-refractivity contribution in [3.8, 4) is 22.3 Å². The molecule has 0 spiro atoms. The number of rotatable bonds is 3. The van der Waals surface area contributed by atoms with Gasteiger partial charge < -0.3 is 0 Å². The van der Waals surface area contributed by atoms with E-state index < -0.39 is 8.07 Å². The first kappa shape index (κ1) is 23.8. The molecule has 1 radical (unpaired) electrons. The number of hydrogen-bond acceptors (Lipinski definition) is 0. The van der Waals surface area contributed by atoms with Gasteiger partial charge in [-0.1, -0.05) is 112 Å². The maximum absolute atomic E-state index is 2.44. The zero-order valence-electron chi connectivity index (χ0n) is 19.8. The SMILES string of the molecule is Cc1cc(C)c(-c2ccccc2-c2ccccc2[Si](C)(C)C)c(C(C)(C)C)c1.[Li]. The van der Waals surface area contributed by atoms with Gasteiger partial charge in [-0.25, -0.2) is 0 Å². The van der Waals surface area contributed by atoms with Crippen molar-refractivity contribution in [2.24, 2.45) is 0 Å². The molecular formula is C27H34LiSi. The quantitative estimate of drug-likeness (QED) is 0.416. The minimum Gasteiger partial charge on any atom is -0.0656 e. The molecule has 0 aliphatic heterocycles. The van der Waals surface area contributed by atoms with Crippen LogP contribution in [0.1, 0.15) is 37.5 Å². The molecule has 0 N–H and O–H groups in total. The molecule has 0 atom stereocenters. The first-order chi connectivity index (χ1) is 13.0. The van der Waals surface area contributed by atoms with Crippen molar-refractivity contribution in [1.82, 2.24) is 0 Å². The summed E-state index contributed by atoms with van der Waals surface area (Å²) in [4.78, 5) is 0. The summed E-state index contributed by atoms with van der Waals surface area (Å²) in [6, 6.07) is 22.7. The molecular weight excluding hydrogens is 359 g/mol. The van der Waals surface area contributed by atoms with Gasteiger partial charge in [0.05, 0.1) is 8.07 Å². The molecule has 0 bridgehead atoms. The Labute approximate surface area is 191 Å². The van der Waals surface area contributed by atoms with E-state index in [0.717, 1.165) is 0 Å². The van der Waals surface area contributed by atoms with Gasteiger partial charge in [-0.2, -0.15) is 0 Å². The monoisotopic (exact) mass is 393 g/mol. The molecule has 0 saturated heterocycles. The number of aryl methyl sites for hydroxylation is 2. The summed E-state index contributed by atoms with van der Waals surface area (Å²) in [6.07, 6.45) is 0. The van der Waals surface area contributed by atoms with Gasteiger partial charge in [0.1, 0.15) is 0 Å². The second-order valence-electron chi connectivity index (χ2n) is 10.1. The normalized spacial score (nSPS) is 11.9. The third-order valence-electron chi connectivity index (χ3n) is 5.51. The largest absolute Gasteiger partial charge is 0.0784 e. The molecule has 0 aliphatic rings. The summed E-state index contributed by atoms with van der Waals surface area (Å²) in [5.74, 6) is 0. The Balaban J connectivity index is 0.00000300. The molecule has 0 saturated carbocycles. The van der Waals surface area contributed by atoms with Crippen molar-refractivity contribution in [2.75, 3.05) is 0 Å². The van der Waals surface area contributed by atoms with Gasteiger partial charge in [0, 0.05) is 18.9 Å². The molecule has 29 heavy (non-hydrogen) atoms. The van der Waals surface area contributed by atoms with E-state index in [4.69, 9.17) is 0 Å². The molecule has 3 rings (SSSR count). The molecule has 0 aromatic heterocycles. The van der Waals surface area contributed by atoms with Gasteiger partial charge in [0.15, 0.2) is 0 Å². The van der Waals surface area contributed by atoms with Crippen LogP contribution in [0.25, 0.3) is 22.3 Å². The molecule has 147 valence electrons. The van der Waals surface area contributed by atoms with E-state index in [1.165, 1.54) is 44.1 Å². The van der Waals surface area contributed by atoms with Gasteiger partial charge in [-0.05, 0) is 52.6 Å². The standard InChI is InChI=1S/C27H34Si.Li/c1-19-17-20(2)26(24(18-19)27(3,4)5)23-15-10-9-13-21(23)22-14-11-12-16-25(22)28(6,7)8;/h9-18H,1-8H3;. The van der Waals surface area contributed by atoms with E-state index in [0.29, 0.717) is 0 Å². The molecule has 0 amide bonds. The molecule has 0 aliphatic carbocycles. The Hall–Kier alpha value is -1.53. The van der Waals surface area contributed by atoms with Crippen molar-refractivity contribution in [2.45, 2.75) is 59.7 Å². The molecule has 3 aromatic carbocycles. The molecule has 0 nitrogen and oxygen atoms in total. The first-order valence-corrected chi connectivity index (χ1v) is 13.8. The third kappa shape index (κ3) is 4.97. The van der Waals surface area contributed by atoms with Gasteiger partial charge in [0.2, 0.25) is 0 Å². The van der Waals surface area contributed by atoms with Gasteiger partial charge in [-0.3, -0.25) is 0 Å². The van der Waals surface area contributed by atoms with Crippen molar-refractivity contribution in [3.63, 3.8) is 0 Å². The van der Waals surface area contributed by atoms with Crippen LogP contribution in [0.5, 0.6) is 0 Å². The third-order valence-corrected chi connectivity index (χ3v) is 7.56. The van der Waals surface area contributed by atoms with Crippen LogP contribution >= 0.6 is 0 Å². The van der Waals surface area contributed by atoms with Crippen LogP contribution in [0.3, 0.4) is 0 Å². The minimum absolute atomic E-state index is 0. The maximum atomic E-state index is 2.44. The Bertz CT molecular complexity index is 1000. The van der Waals surface area contributed by atoms with Crippen LogP contribution in [-0.2, 0) is 5.41 Å². The van der Waals surface area contributed by atoms with Crippen LogP contribution in [0.15, 0.2) is 60.7 Å². The first-order valence-electron chi connectivity index (χ1n) is 10.3. The Kier molecular flexibility index (Phi) is 7.11. The van der Waals surface area contributed by atoms with Crippen LogP contribution in [0.4, 0.5) is 0 Å². The molecule has 0 heterocycles. The fourth-order valence-corrected chi connectivity index (χ4v) is 5.85. The smallest absolute Gasteiger partial charge is 0.0656 e. The summed E-state index contributed by atoms with van der Waals surface area (Å²) >= 11 is 0. The Morgan fingerprint density at radius 2 is 1.21 bits per heavy atom. The maximum Gasteiger partial charge on any atom is 0.0784 e. The van der Waals surface area contributed by atoms with E-state index >= 15 is 0 Å². The van der Waals surface area contributed by atoms with Crippen molar-refractivity contribution >= 4 is 32.1 Å². The second kappa shape index (κ2) is 8.69. The summed E-state index contributed by atoms with van der Waals surface area (Å²) in [5.41, 5.74) is 9.75. The van der Waals surface area contributed by atoms with Crippen LogP contribution < -0.4 is 5.19 Å². The topological polar surface area (TPSA) is 0 Å². The average Bonchev–Trinajstić information content (AvgIpc) is 2.60. The average molecular weight is 394 g/mol. The summed E-state index contributed by atoms with van der Waals surface area (Å²) < 4.78 is 0. The van der Waals surface area contributed by atoms with Crippen LogP contribution in [0.2, 0.25) is 19.6 Å². The molecule has 0 fully saturated rings. The second-order valence-corrected chi connectivity index (χ2v) is 15.1. The van der Waals surface area contributed by atoms with Crippen LogP contribution in [-0.4, -0.2) is 26.9 Å². The predicted octanol–water partition coefficient (Wildman–Crippen LogP) is 7.10. The van der Waals surface area contributed by atoms with Gasteiger partial charge in [0.25, 0.3) is 0 Å². The minimum atomic E-state index is -1.46. The van der Waals surface area contributed by atoms with E-state index in [1.54, 1.807) is 0 Å². The predicted molar refractivity (Wildman–Crippen MR) is 134 cm³/mol. The Morgan fingerprint density at radius 3 is 1.76 bits per heavy atom. The van der Waals surface area contributed by atoms with Crippen molar-refractivity contribution < 1.29 is 0 Å². The van der Waals surface area contributed by atoms with Crippen molar-refractivity contribution in [3.05, 3.63) is 77.4 Å². The summed E-state index contributed by atoms with van der Waals surface area (Å²) in [7, 11) is -1.46. The van der Waals surface area contributed by atoms with E-state index in [2.05, 4.69) is 115 Å². The zero-order valence-corrected chi connectivity index (χ0v) is 20.8. The fraction of sp³-hybridized carbons (Fsp3) is 0.333. The van der Waals surface area contributed by atoms with Gasteiger partial charge in [-0.15, -0.1) is 0 Å². The van der Waals surface area contributed by atoms with E-state index in [9.17, 15) is 0 Å². The van der Waals surface area contributed by atoms with Gasteiger partial charge >= 0.3 is 0 Å². The summed E-state index contributed by atoms with van der Waals surface area (Å²) in [6.45, 7) is 18.7. The Morgan fingerprint density at radius 1 is 0.690 bits per heavy atom. The zero-order chi connectivity index (χ0) is 20.7. The van der Waals surface area contributed by atoms with E-state index in [1.807, 2.05) is 0 Å². The number of hydrogen-bond donors (Lipinski definition) is 0.